The number of fused-ring (bicyclic) bond motifs is 12. The Morgan fingerprint density at radius 2 is 1.09 bits per heavy atom. The van der Waals surface area contributed by atoms with Gasteiger partial charge in [0.25, 0.3) is 0 Å². The predicted octanol–water partition coefficient (Wildman–Crippen LogP) is 10.9. The Hall–Kier alpha value is -5.86. The van der Waals surface area contributed by atoms with Gasteiger partial charge in [0.1, 0.15) is 11.5 Å². The average molecular weight is 585 g/mol. The maximum Gasteiger partial charge on any atom is 0.132 e. The fourth-order valence-corrected chi connectivity index (χ4v) is 7.24. The smallest absolute Gasteiger partial charge is 0.132 e. The van der Waals surface area contributed by atoms with Crippen molar-refractivity contribution in [3.8, 4) is 39.4 Å². The molecule has 45 heavy (non-hydrogen) atoms. The number of benzene rings is 7. The molecule has 8 aromatic rings. The van der Waals surface area contributed by atoms with Crippen LogP contribution >= 0.6 is 0 Å². The lowest BCUT2D eigenvalue weighted by Gasteiger charge is -2.39. The minimum absolute atomic E-state index is 0.0159. The van der Waals surface area contributed by atoms with E-state index in [0.29, 0.717) is 22.2 Å². The van der Waals surface area contributed by atoms with Crippen LogP contribution < -0.4 is 4.74 Å². The Kier molecular flexibility index (Phi) is 3.28. The first-order chi connectivity index (χ1) is 26.9. The number of para-hydroxylation sites is 3. The third kappa shape index (κ3) is 3.23. The molecule has 0 radical (unpaired) electrons. The van der Waals surface area contributed by atoms with E-state index in [1.165, 1.54) is 0 Å². The second-order valence-corrected chi connectivity index (χ2v) is 11.2. The summed E-state index contributed by atoms with van der Waals surface area (Å²) in [6, 6.07) is 24.3. The Bertz CT molecular complexity index is 3000. The van der Waals surface area contributed by atoms with Crippen LogP contribution in [0.25, 0.3) is 49.7 Å². The van der Waals surface area contributed by atoms with Gasteiger partial charge in [-0.3, -0.25) is 0 Å². The molecule has 1 spiro atoms. The van der Waals surface area contributed by atoms with Gasteiger partial charge in [-0.15, -0.1) is 0 Å². The van der Waals surface area contributed by atoms with Crippen molar-refractivity contribution in [2.24, 2.45) is 0 Å². The van der Waals surface area contributed by atoms with Gasteiger partial charge in [0.15, 0.2) is 0 Å². The first kappa shape index (κ1) is 16.3. The predicted molar refractivity (Wildman–Crippen MR) is 184 cm³/mol. The third-order valence-electron chi connectivity index (χ3n) is 9.00. The molecule has 1 aliphatic heterocycles. The summed E-state index contributed by atoms with van der Waals surface area (Å²) in [5, 5.41) is 1.69. The Labute approximate surface area is 276 Å². The van der Waals surface area contributed by atoms with Gasteiger partial charge >= 0.3 is 0 Å². The van der Waals surface area contributed by atoms with Crippen molar-refractivity contribution >= 4 is 21.8 Å². The molecule has 0 bridgehead atoms. The zero-order chi connectivity index (χ0) is 39.1. The van der Waals surface area contributed by atoms with E-state index in [1.54, 1.807) is 16.7 Å². The molecule has 7 aromatic carbocycles. The van der Waals surface area contributed by atoms with E-state index in [9.17, 15) is 8.22 Å². The molecule has 0 saturated heterocycles. The minimum Gasteiger partial charge on any atom is -0.457 e. The highest BCUT2D eigenvalue weighted by Gasteiger charge is 2.50. The van der Waals surface area contributed by atoms with Crippen LogP contribution in [-0.4, -0.2) is 4.57 Å². The standard InChI is InChI=1S/C43H27NO/c1-5-18-35-31(14-1)32-15-2-6-19-36(32)43(35)37-20-7-10-23-41(37)45-42-25-24-29(27-38(42)43)28-12-11-13-30(26-28)44-39-21-8-3-16-33(39)34-17-4-9-22-40(34)44/h1-27H/i7D,10D,11D,12D,13D,20D,23D,24D,25D,26D,27D. The lowest BCUT2D eigenvalue weighted by Crippen LogP contribution is -2.32. The molecule has 210 valence electrons. The van der Waals surface area contributed by atoms with Crippen molar-refractivity contribution in [1.82, 2.24) is 4.57 Å². The molecule has 0 unspecified atom stereocenters. The molecule has 0 amide bonds. The van der Waals surface area contributed by atoms with E-state index < -0.39 is 59.8 Å². The summed E-state index contributed by atoms with van der Waals surface area (Å²) in [4.78, 5) is 0. The van der Waals surface area contributed by atoms with Crippen molar-refractivity contribution < 1.29 is 19.8 Å². The van der Waals surface area contributed by atoms with Crippen LogP contribution in [-0.2, 0) is 5.41 Å². The van der Waals surface area contributed by atoms with E-state index in [-0.39, 0.29) is 51.5 Å². The molecule has 2 heterocycles. The van der Waals surface area contributed by atoms with Gasteiger partial charge in [-0.2, -0.15) is 0 Å². The molecule has 0 fully saturated rings. The summed E-state index contributed by atoms with van der Waals surface area (Å²) in [5.41, 5.74) is 1.69. The van der Waals surface area contributed by atoms with E-state index in [1.807, 2.05) is 84.9 Å². The molecular weight excluding hydrogens is 546 g/mol. The van der Waals surface area contributed by atoms with Gasteiger partial charge in [-0.25, -0.2) is 0 Å². The SMILES string of the molecule is [2H]c1c([2H])c([2H])c2c(c1[2H])Oc1c([2H])c([2H])c(-c3c([2H])c([2H])c([2H])c(-n4c5ccccc5c5ccccc54)c3[2H])c([2H])c1C21c2ccccc2-c2ccccc21. The van der Waals surface area contributed by atoms with Crippen LogP contribution in [0.3, 0.4) is 0 Å². The van der Waals surface area contributed by atoms with Gasteiger partial charge in [-0.1, -0.05) is 121 Å². The van der Waals surface area contributed by atoms with Crippen molar-refractivity contribution in [2.45, 2.75) is 5.41 Å². The summed E-state index contributed by atoms with van der Waals surface area (Å²) >= 11 is 0. The van der Waals surface area contributed by atoms with Crippen LogP contribution in [0.5, 0.6) is 11.5 Å². The number of hydrogen-bond donors (Lipinski definition) is 0. The highest BCUT2D eigenvalue weighted by Crippen LogP contribution is 2.62. The summed E-state index contributed by atoms with van der Waals surface area (Å²) < 4.78 is 110. The van der Waals surface area contributed by atoms with Crippen LogP contribution in [0.1, 0.15) is 37.3 Å². The topological polar surface area (TPSA) is 14.2 Å². The minimum atomic E-state index is -1.67. The van der Waals surface area contributed by atoms with Crippen LogP contribution in [0.4, 0.5) is 0 Å². The largest absolute Gasteiger partial charge is 0.457 e. The maximum atomic E-state index is 10.1. The summed E-state index contributed by atoms with van der Waals surface area (Å²) in [6.07, 6.45) is 0. The molecular formula is C43H27NO. The van der Waals surface area contributed by atoms with Crippen molar-refractivity contribution in [2.75, 3.05) is 0 Å². The van der Waals surface area contributed by atoms with Crippen LogP contribution in [0.15, 0.2) is 164 Å². The van der Waals surface area contributed by atoms with E-state index in [2.05, 4.69) is 0 Å². The summed E-state index contributed by atoms with van der Waals surface area (Å²) in [7, 11) is 0. The van der Waals surface area contributed by atoms with E-state index in [0.717, 1.165) is 21.9 Å². The zero-order valence-corrected chi connectivity index (χ0v) is 23.6. The van der Waals surface area contributed by atoms with Crippen LogP contribution in [0, 0.1) is 0 Å². The van der Waals surface area contributed by atoms with E-state index in [4.69, 9.17) is 11.6 Å². The highest BCUT2D eigenvalue weighted by atomic mass is 16.5. The van der Waals surface area contributed by atoms with Gasteiger partial charge in [-0.05, 0) is 75.7 Å². The normalized spacial score (nSPS) is 17.1. The molecule has 0 atom stereocenters. The lowest BCUT2D eigenvalue weighted by atomic mass is 9.66. The number of aromatic nitrogens is 1. The maximum absolute atomic E-state index is 10.1. The molecule has 1 aliphatic carbocycles. The number of nitrogens with zero attached hydrogens (tertiary/aromatic N) is 1. The van der Waals surface area contributed by atoms with E-state index >= 15 is 0 Å². The molecule has 2 nitrogen and oxygen atoms in total. The molecule has 2 aliphatic rings. The third-order valence-corrected chi connectivity index (χ3v) is 9.00. The second-order valence-electron chi connectivity index (χ2n) is 11.2. The van der Waals surface area contributed by atoms with Crippen molar-refractivity contribution in [3.05, 3.63) is 186 Å². The van der Waals surface area contributed by atoms with Crippen LogP contribution in [0.2, 0.25) is 0 Å². The highest BCUT2D eigenvalue weighted by molar-refractivity contribution is 6.09. The molecule has 2 heteroatoms. The Morgan fingerprint density at radius 3 is 1.82 bits per heavy atom. The van der Waals surface area contributed by atoms with Gasteiger partial charge < -0.3 is 9.30 Å². The molecule has 1 aromatic heterocycles. The second kappa shape index (κ2) is 9.07. The van der Waals surface area contributed by atoms with Crippen molar-refractivity contribution in [3.63, 3.8) is 0 Å². The Morgan fingerprint density at radius 1 is 0.489 bits per heavy atom. The lowest BCUT2D eigenvalue weighted by molar-refractivity contribution is 0.436. The number of ether oxygens (including phenoxy) is 1. The summed E-state index contributed by atoms with van der Waals surface area (Å²) in [6.45, 7) is 0. The van der Waals surface area contributed by atoms with Gasteiger partial charge in [0.05, 0.1) is 31.5 Å². The monoisotopic (exact) mass is 584 g/mol. The fourth-order valence-electron chi connectivity index (χ4n) is 7.24. The van der Waals surface area contributed by atoms with Gasteiger partial charge in [0.2, 0.25) is 0 Å². The molecule has 0 saturated carbocycles. The van der Waals surface area contributed by atoms with Crippen molar-refractivity contribution in [1.29, 1.82) is 0 Å². The zero-order valence-electron chi connectivity index (χ0n) is 34.6. The average Bonchev–Trinajstić information content (AvgIpc) is 3.69. The fraction of sp³-hybridized carbons (Fsp3) is 0.0233. The number of hydrogen-bond acceptors (Lipinski definition) is 1. The number of rotatable bonds is 2. The molecule has 0 N–H and O–H groups in total. The first-order valence-electron chi connectivity index (χ1n) is 20.1. The summed E-state index contributed by atoms with van der Waals surface area (Å²) in [5.74, 6) is -0.477. The molecule has 10 rings (SSSR count). The first-order valence-corrected chi connectivity index (χ1v) is 14.6. The van der Waals surface area contributed by atoms with Gasteiger partial charge in [0, 0.05) is 27.6 Å². The Balaban J connectivity index is 1.39. The quantitative estimate of drug-likeness (QED) is 0.197.